The molecule has 3 rings (SSSR count). The Bertz CT molecular complexity index is 975. The number of hydrogen-bond donors (Lipinski definition) is 1. The molecule has 0 bridgehead atoms. The van der Waals surface area contributed by atoms with Crippen molar-refractivity contribution in [2.45, 2.75) is 13.1 Å². The molecule has 7 nitrogen and oxygen atoms in total. The van der Waals surface area contributed by atoms with Crippen molar-refractivity contribution >= 4 is 17.6 Å². The normalized spacial score (nSPS) is 10.7. The summed E-state index contributed by atoms with van der Waals surface area (Å²) in [5.41, 5.74) is 1.04. The Hall–Kier alpha value is -3.06. The number of carboxylic acid groups (broad SMARTS) is 1. The zero-order valence-electron chi connectivity index (χ0n) is 13.9. The highest BCUT2D eigenvalue weighted by atomic mass is 35.5. The van der Waals surface area contributed by atoms with Crippen LogP contribution < -0.4 is 10.4 Å². The van der Waals surface area contributed by atoms with Crippen molar-refractivity contribution in [3.05, 3.63) is 69.6 Å². The first-order valence-corrected chi connectivity index (χ1v) is 8.14. The summed E-state index contributed by atoms with van der Waals surface area (Å²) in [6, 6.07) is 14.1. The second-order valence-corrected chi connectivity index (χ2v) is 6.04. The fraction of sp³-hybridized carbons (Fsp3) is 0.167. The predicted octanol–water partition coefficient (Wildman–Crippen LogP) is 2.51. The Balaban J connectivity index is 2.05. The predicted molar refractivity (Wildman–Crippen MR) is 96.7 cm³/mol. The van der Waals surface area contributed by atoms with Crippen molar-refractivity contribution in [3.63, 3.8) is 0 Å². The van der Waals surface area contributed by atoms with E-state index in [-0.39, 0.29) is 6.54 Å². The molecule has 0 fully saturated rings. The van der Waals surface area contributed by atoms with E-state index >= 15 is 0 Å². The van der Waals surface area contributed by atoms with E-state index in [1.807, 2.05) is 12.1 Å². The van der Waals surface area contributed by atoms with Crippen LogP contribution in [0.3, 0.4) is 0 Å². The standard InChI is InChI=1S/C18H16ClN3O4/c1-26-15-8-2-12(3-9-15)10-21-17(13-4-6-14(19)7-5-13)20-22(18(21)25)11-16(23)24/h2-9H,10-11H2,1H3,(H,23,24). The van der Waals surface area contributed by atoms with E-state index in [0.29, 0.717) is 22.2 Å². The Kier molecular flexibility index (Phi) is 5.09. The Morgan fingerprint density at radius 2 is 1.81 bits per heavy atom. The first-order chi connectivity index (χ1) is 12.5. The Morgan fingerprint density at radius 1 is 1.15 bits per heavy atom. The lowest BCUT2D eigenvalue weighted by Crippen LogP contribution is -2.28. The molecule has 0 radical (unpaired) electrons. The monoisotopic (exact) mass is 373 g/mol. The van der Waals surface area contributed by atoms with Crippen molar-refractivity contribution in [2.75, 3.05) is 7.11 Å². The molecule has 0 atom stereocenters. The van der Waals surface area contributed by atoms with Gasteiger partial charge >= 0.3 is 11.7 Å². The van der Waals surface area contributed by atoms with Crippen molar-refractivity contribution in [1.82, 2.24) is 14.3 Å². The minimum Gasteiger partial charge on any atom is -0.497 e. The van der Waals surface area contributed by atoms with Gasteiger partial charge < -0.3 is 9.84 Å². The first kappa shape index (κ1) is 17.8. The number of benzene rings is 2. The van der Waals surface area contributed by atoms with Gasteiger partial charge in [-0.2, -0.15) is 0 Å². The molecule has 1 aromatic heterocycles. The Morgan fingerprint density at radius 3 is 2.38 bits per heavy atom. The summed E-state index contributed by atoms with van der Waals surface area (Å²) in [5, 5.41) is 13.8. The van der Waals surface area contributed by atoms with E-state index in [2.05, 4.69) is 5.10 Å². The molecule has 1 N–H and O–H groups in total. The molecule has 0 saturated heterocycles. The van der Waals surface area contributed by atoms with Crippen LogP contribution in [0.4, 0.5) is 0 Å². The summed E-state index contributed by atoms with van der Waals surface area (Å²) in [6.07, 6.45) is 0. The quantitative estimate of drug-likeness (QED) is 0.717. The third kappa shape index (κ3) is 3.78. The number of aromatic nitrogens is 3. The zero-order chi connectivity index (χ0) is 18.7. The average molecular weight is 374 g/mol. The summed E-state index contributed by atoms with van der Waals surface area (Å²) in [6.45, 7) is -0.255. The third-order valence-electron chi connectivity index (χ3n) is 3.81. The molecule has 26 heavy (non-hydrogen) atoms. The molecule has 3 aromatic rings. The van der Waals surface area contributed by atoms with Crippen LogP contribution in [0.5, 0.6) is 5.75 Å². The van der Waals surface area contributed by atoms with Gasteiger partial charge in [0.05, 0.1) is 13.7 Å². The van der Waals surface area contributed by atoms with Gasteiger partial charge in [-0.15, -0.1) is 5.10 Å². The van der Waals surface area contributed by atoms with Crippen LogP contribution in [0, 0.1) is 0 Å². The van der Waals surface area contributed by atoms with E-state index in [1.54, 1.807) is 43.5 Å². The molecule has 2 aromatic carbocycles. The lowest BCUT2D eigenvalue weighted by molar-refractivity contribution is -0.137. The summed E-state index contributed by atoms with van der Waals surface area (Å²) >= 11 is 5.92. The van der Waals surface area contributed by atoms with Gasteiger partial charge in [-0.05, 0) is 42.0 Å². The van der Waals surface area contributed by atoms with Crippen LogP contribution in [0.2, 0.25) is 5.02 Å². The number of carboxylic acids is 1. The molecule has 8 heteroatoms. The molecule has 0 aliphatic carbocycles. The molecular weight excluding hydrogens is 358 g/mol. The Labute approximate surface area is 154 Å². The van der Waals surface area contributed by atoms with Gasteiger partial charge in [-0.25, -0.2) is 9.48 Å². The highest BCUT2D eigenvalue weighted by Crippen LogP contribution is 2.20. The van der Waals surface area contributed by atoms with Crippen molar-refractivity contribution in [3.8, 4) is 17.1 Å². The van der Waals surface area contributed by atoms with E-state index in [1.165, 1.54) is 4.57 Å². The molecular formula is C18H16ClN3O4. The largest absolute Gasteiger partial charge is 0.497 e. The molecule has 0 unspecified atom stereocenters. The summed E-state index contributed by atoms with van der Waals surface area (Å²) in [7, 11) is 1.58. The van der Waals surface area contributed by atoms with Crippen LogP contribution >= 0.6 is 11.6 Å². The maximum Gasteiger partial charge on any atom is 0.347 e. The number of methoxy groups -OCH3 is 1. The zero-order valence-corrected chi connectivity index (χ0v) is 14.7. The van der Waals surface area contributed by atoms with E-state index in [9.17, 15) is 9.59 Å². The minimum atomic E-state index is -1.14. The lowest BCUT2D eigenvalue weighted by Gasteiger charge is -2.07. The number of carbonyl (C=O) groups is 1. The number of halogens is 1. The van der Waals surface area contributed by atoms with Crippen LogP contribution in [0.1, 0.15) is 5.56 Å². The number of nitrogens with zero attached hydrogens (tertiary/aromatic N) is 3. The van der Waals surface area contributed by atoms with Crippen LogP contribution in [0.25, 0.3) is 11.4 Å². The average Bonchev–Trinajstić information content (AvgIpc) is 2.92. The number of aliphatic carboxylic acids is 1. The maximum atomic E-state index is 12.6. The first-order valence-electron chi connectivity index (χ1n) is 7.76. The second kappa shape index (κ2) is 7.45. The lowest BCUT2D eigenvalue weighted by atomic mass is 10.2. The molecule has 0 saturated carbocycles. The maximum absolute atomic E-state index is 12.6. The van der Waals surface area contributed by atoms with E-state index in [0.717, 1.165) is 10.2 Å². The number of ether oxygens (including phenoxy) is 1. The van der Waals surface area contributed by atoms with Gasteiger partial charge in [0.25, 0.3) is 0 Å². The van der Waals surface area contributed by atoms with Gasteiger partial charge in [0, 0.05) is 10.6 Å². The van der Waals surface area contributed by atoms with Crippen molar-refractivity contribution in [1.29, 1.82) is 0 Å². The fourth-order valence-corrected chi connectivity index (χ4v) is 2.67. The molecule has 134 valence electrons. The van der Waals surface area contributed by atoms with Crippen LogP contribution in [-0.2, 0) is 17.9 Å². The number of hydrogen-bond acceptors (Lipinski definition) is 4. The van der Waals surface area contributed by atoms with E-state index in [4.69, 9.17) is 21.4 Å². The minimum absolute atomic E-state index is 0.250. The van der Waals surface area contributed by atoms with Crippen molar-refractivity contribution in [2.24, 2.45) is 0 Å². The molecule has 0 amide bonds. The van der Waals surface area contributed by atoms with Crippen LogP contribution in [-0.4, -0.2) is 32.5 Å². The van der Waals surface area contributed by atoms with Crippen LogP contribution in [0.15, 0.2) is 53.3 Å². The van der Waals surface area contributed by atoms with Crippen molar-refractivity contribution < 1.29 is 14.6 Å². The SMILES string of the molecule is COc1ccc(Cn2c(-c3ccc(Cl)cc3)nn(CC(=O)O)c2=O)cc1. The molecule has 0 aliphatic rings. The highest BCUT2D eigenvalue weighted by molar-refractivity contribution is 6.30. The second-order valence-electron chi connectivity index (χ2n) is 5.60. The summed E-state index contributed by atoms with van der Waals surface area (Å²) in [5.74, 6) is -0.0480. The molecule has 0 aliphatic heterocycles. The highest BCUT2D eigenvalue weighted by Gasteiger charge is 2.17. The summed E-state index contributed by atoms with van der Waals surface area (Å²) in [4.78, 5) is 23.7. The van der Waals surface area contributed by atoms with Gasteiger partial charge in [-0.1, -0.05) is 23.7 Å². The molecule has 0 spiro atoms. The smallest absolute Gasteiger partial charge is 0.347 e. The fourth-order valence-electron chi connectivity index (χ4n) is 2.54. The van der Waals surface area contributed by atoms with Gasteiger partial charge in [0.15, 0.2) is 5.82 Å². The topological polar surface area (TPSA) is 86.3 Å². The van der Waals surface area contributed by atoms with Gasteiger partial charge in [0.1, 0.15) is 12.3 Å². The van der Waals surface area contributed by atoms with Gasteiger partial charge in [0.2, 0.25) is 0 Å². The molecule has 1 heterocycles. The number of rotatable bonds is 6. The van der Waals surface area contributed by atoms with Gasteiger partial charge in [-0.3, -0.25) is 9.36 Å². The third-order valence-corrected chi connectivity index (χ3v) is 4.06. The van der Waals surface area contributed by atoms with E-state index < -0.39 is 18.2 Å². The summed E-state index contributed by atoms with van der Waals surface area (Å²) < 4.78 is 7.51.